The molecule has 1 aromatic rings. The van der Waals surface area contributed by atoms with Crippen molar-refractivity contribution in [1.82, 2.24) is 14.6 Å². The lowest BCUT2D eigenvalue weighted by Crippen LogP contribution is -2.61. The zero-order chi connectivity index (χ0) is 15.8. The Morgan fingerprint density at radius 2 is 2.14 bits per heavy atom. The molecule has 1 fully saturated rings. The van der Waals surface area contributed by atoms with Crippen LogP contribution in [0.2, 0.25) is 0 Å². The number of aromatic nitrogens is 1. The summed E-state index contributed by atoms with van der Waals surface area (Å²) in [6.45, 7) is 4.68. The van der Waals surface area contributed by atoms with Crippen molar-refractivity contribution in [3.05, 3.63) is 18.0 Å². The van der Waals surface area contributed by atoms with E-state index in [1.165, 1.54) is 0 Å². The van der Waals surface area contributed by atoms with Crippen LogP contribution in [0.15, 0.2) is 17.2 Å². The average Bonchev–Trinajstić information content (AvgIpc) is 2.77. The summed E-state index contributed by atoms with van der Waals surface area (Å²) < 4.78 is 35.0. The first-order valence-corrected chi connectivity index (χ1v) is 8.55. The van der Waals surface area contributed by atoms with E-state index in [0.717, 1.165) is 5.69 Å². The molecule has 120 valence electrons. The van der Waals surface area contributed by atoms with Gasteiger partial charge in [0.25, 0.3) is 0 Å². The van der Waals surface area contributed by atoms with Gasteiger partial charge in [-0.15, -0.1) is 0 Å². The molecule has 21 heavy (non-hydrogen) atoms. The van der Waals surface area contributed by atoms with Crippen LogP contribution in [0.1, 0.15) is 26.0 Å². The molecule has 0 amide bonds. The van der Waals surface area contributed by atoms with Gasteiger partial charge in [0, 0.05) is 44.0 Å². The standard InChI is InChI=1S/C14H25N3O3S/c1-14(2)12(7-13(14)20-5)16-21(18,19)11-6-10(8-15-3)17(4)9-11/h6,9,12-13,15-16H,7-8H2,1-5H3. The van der Waals surface area contributed by atoms with Gasteiger partial charge in [-0.25, -0.2) is 13.1 Å². The van der Waals surface area contributed by atoms with Gasteiger partial charge < -0.3 is 14.6 Å². The van der Waals surface area contributed by atoms with Crippen LogP contribution in [-0.2, 0) is 28.4 Å². The zero-order valence-electron chi connectivity index (χ0n) is 13.3. The minimum absolute atomic E-state index is 0.0968. The number of aryl methyl sites for hydroxylation is 1. The van der Waals surface area contributed by atoms with Crippen LogP contribution < -0.4 is 10.0 Å². The zero-order valence-corrected chi connectivity index (χ0v) is 14.1. The van der Waals surface area contributed by atoms with Gasteiger partial charge >= 0.3 is 0 Å². The van der Waals surface area contributed by atoms with Crippen molar-refractivity contribution >= 4 is 10.0 Å². The first-order chi connectivity index (χ1) is 9.72. The minimum atomic E-state index is -3.50. The van der Waals surface area contributed by atoms with Gasteiger partial charge in [-0.3, -0.25) is 0 Å². The van der Waals surface area contributed by atoms with Crippen molar-refractivity contribution in [2.24, 2.45) is 12.5 Å². The second-order valence-electron chi connectivity index (χ2n) is 6.26. The molecule has 0 aromatic carbocycles. The van der Waals surface area contributed by atoms with Gasteiger partial charge in [-0.05, 0) is 19.5 Å². The molecular weight excluding hydrogens is 290 g/mol. The van der Waals surface area contributed by atoms with Crippen LogP contribution in [0.25, 0.3) is 0 Å². The molecule has 0 radical (unpaired) electrons. The van der Waals surface area contributed by atoms with Gasteiger partial charge in [0.1, 0.15) is 0 Å². The number of rotatable bonds is 6. The lowest BCUT2D eigenvalue weighted by molar-refractivity contribution is -0.0908. The van der Waals surface area contributed by atoms with Crippen LogP contribution in [0.5, 0.6) is 0 Å². The first-order valence-electron chi connectivity index (χ1n) is 7.07. The molecule has 0 spiro atoms. The normalized spacial score (nSPS) is 24.8. The maximum atomic E-state index is 12.5. The summed E-state index contributed by atoms with van der Waals surface area (Å²) in [6.07, 6.45) is 2.45. The quantitative estimate of drug-likeness (QED) is 0.816. The highest BCUT2D eigenvalue weighted by atomic mass is 32.2. The molecule has 1 heterocycles. The van der Waals surface area contributed by atoms with Crippen molar-refractivity contribution in [2.45, 2.75) is 43.9 Å². The van der Waals surface area contributed by atoms with Crippen LogP contribution >= 0.6 is 0 Å². The molecule has 2 atom stereocenters. The highest BCUT2D eigenvalue weighted by molar-refractivity contribution is 7.89. The number of nitrogens with one attached hydrogen (secondary N) is 2. The van der Waals surface area contributed by atoms with Crippen LogP contribution in [0, 0.1) is 5.41 Å². The smallest absolute Gasteiger partial charge is 0.242 e. The van der Waals surface area contributed by atoms with Crippen molar-refractivity contribution in [2.75, 3.05) is 14.2 Å². The Balaban J connectivity index is 2.15. The Bertz CT molecular complexity index is 607. The molecule has 0 bridgehead atoms. The Kier molecular flexibility index (Phi) is 4.49. The minimum Gasteiger partial charge on any atom is -0.381 e. The lowest BCUT2D eigenvalue weighted by atomic mass is 9.65. The second-order valence-corrected chi connectivity index (χ2v) is 7.98. The van der Waals surface area contributed by atoms with Gasteiger partial charge in [0.15, 0.2) is 0 Å². The van der Waals surface area contributed by atoms with Crippen LogP contribution in [0.3, 0.4) is 0 Å². The third-order valence-electron chi connectivity index (χ3n) is 4.51. The van der Waals surface area contributed by atoms with Crippen molar-refractivity contribution in [3.63, 3.8) is 0 Å². The molecule has 0 saturated heterocycles. The van der Waals surface area contributed by atoms with Gasteiger partial charge in [0.2, 0.25) is 10.0 Å². The van der Waals surface area contributed by atoms with Crippen LogP contribution in [0.4, 0.5) is 0 Å². The summed E-state index contributed by atoms with van der Waals surface area (Å²) in [4.78, 5) is 0.312. The largest absolute Gasteiger partial charge is 0.381 e. The molecule has 6 nitrogen and oxygen atoms in total. The molecule has 1 aliphatic carbocycles. The Morgan fingerprint density at radius 1 is 1.48 bits per heavy atom. The maximum absolute atomic E-state index is 12.5. The van der Waals surface area contributed by atoms with E-state index in [0.29, 0.717) is 17.9 Å². The topological polar surface area (TPSA) is 72.4 Å². The number of hydrogen-bond acceptors (Lipinski definition) is 4. The molecule has 1 aromatic heterocycles. The third-order valence-corrected chi connectivity index (χ3v) is 5.95. The molecule has 2 unspecified atom stereocenters. The third kappa shape index (κ3) is 3.01. The fourth-order valence-electron chi connectivity index (χ4n) is 2.82. The highest BCUT2D eigenvalue weighted by Gasteiger charge is 2.50. The number of hydrogen-bond donors (Lipinski definition) is 2. The fraction of sp³-hybridized carbons (Fsp3) is 0.714. The molecule has 0 aliphatic heterocycles. The molecule has 1 aliphatic rings. The summed E-state index contributed by atoms with van der Waals surface area (Å²) in [5, 5.41) is 3.03. The summed E-state index contributed by atoms with van der Waals surface area (Å²) in [7, 11) is 1.85. The van der Waals surface area contributed by atoms with E-state index in [1.54, 1.807) is 19.4 Å². The number of ether oxygens (including phenoxy) is 1. The monoisotopic (exact) mass is 315 g/mol. The van der Waals surface area contributed by atoms with Crippen LogP contribution in [-0.4, -0.2) is 39.3 Å². The summed E-state index contributed by atoms with van der Waals surface area (Å²) >= 11 is 0. The number of nitrogens with zero attached hydrogens (tertiary/aromatic N) is 1. The molecular formula is C14H25N3O3S. The van der Waals surface area contributed by atoms with Gasteiger partial charge in [-0.1, -0.05) is 13.8 Å². The first kappa shape index (κ1) is 16.5. The summed E-state index contributed by atoms with van der Waals surface area (Å²) in [6, 6.07) is 1.61. The second kappa shape index (κ2) is 5.72. The van der Waals surface area contributed by atoms with Gasteiger partial charge in [-0.2, -0.15) is 0 Å². The van der Waals surface area contributed by atoms with E-state index in [2.05, 4.69) is 10.0 Å². The molecule has 2 N–H and O–H groups in total. The fourth-order valence-corrected chi connectivity index (χ4v) is 4.32. The van der Waals surface area contributed by atoms with E-state index in [-0.39, 0.29) is 17.6 Å². The number of methoxy groups -OCH3 is 1. The lowest BCUT2D eigenvalue weighted by Gasteiger charge is -2.50. The molecule has 7 heteroatoms. The summed E-state index contributed by atoms with van der Waals surface area (Å²) in [5.41, 5.74) is 0.741. The SMILES string of the molecule is CNCc1cc(S(=O)(=O)NC2CC(OC)C2(C)C)cn1C. The predicted octanol–water partition coefficient (Wildman–Crippen LogP) is 0.836. The molecule has 2 rings (SSSR count). The average molecular weight is 315 g/mol. The van der Waals surface area contributed by atoms with E-state index in [1.807, 2.05) is 32.5 Å². The van der Waals surface area contributed by atoms with E-state index in [4.69, 9.17) is 4.74 Å². The summed E-state index contributed by atoms with van der Waals surface area (Å²) in [5.74, 6) is 0. The van der Waals surface area contributed by atoms with Crippen molar-refractivity contribution in [1.29, 1.82) is 0 Å². The van der Waals surface area contributed by atoms with Gasteiger partial charge in [0.05, 0.1) is 11.0 Å². The predicted molar refractivity (Wildman–Crippen MR) is 81.5 cm³/mol. The van der Waals surface area contributed by atoms with Crippen molar-refractivity contribution in [3.8, 4) is 0 Å². The van der Waals surface area contributed by atoms with E-state index < -0.39 is 10.0 Å². The van der Waals surface area contributed by atoms with E-state index in [9.17, 15) is 8.42 Å². The number of sulfonamides is 1. The Labute approximate surface area is 126 Å². The molecule has 1 saturated carbocycles. The van der Waals surface area contributed by atoms with E-state index >= 15 is 0 Å². The Morgan fingerprint density at radius 3 is 2.67 bits per heavy atom. The maximum Gasteiger partial charge on any atom is 0.242 e. The highest BCUT2D eigenvalue weighted by Crippen LogP contribution is 2.43. The van der Waals surface area contributed by atoms with Crippen molar-refractivity contribution < 1.29 is 13.2 Å². The Hall–Kier alpha value is -0.890.